The molecule has 7 heteroatoms. The molecule has 0 saturated carbocycles. The Morgan fingerprint density at radius 3 is 2.43 bits per heavy atom. The summed E-state index contributed by atoms with van der Waals surface area (Å²) in [6.45, 7) is 0. The molecule has 2 aromatic rings. The molecule has 0 N–H and O–H groups in total. The first-order valence-electron chi connectivity index (χ1n) is 6.27. The molecule has 0 saturated heterocycles. The lowest BCUT2D eigenvalue weighted by atomic mass is 10.1. The van der Waals surface area contributed by atoms with E-state index >= 15 is 0 Å². The van der Waals surface area contributed by atoms with Crippen molar-refractivity contribution in [1.29, 1.82) is 10.5 Å². The largest absolute Gasteiger partial charge is 0.457 e. The van der Waals surface area contributed by atoms with Crippen molar-refractivity contribution in [3.05, 3.63) is 52.8 Å². The summed E-state index contributed by atoms with van der Waals surface area (Å²) in [6.07, 6.45) is -1.27. The summed E-state index contributed by atoms with van der Waals surface area (Å²) in [6, 6.07) is 9.48. The molecule has 0 atom stereocenters. The van der Waals surface area contributed by atoms with Crippen molar-refractivity contribution >= 4 is 11.8 Å². The minimum absolute atomic E-state index is 0.000150. The van der Waals surface area contributed by atoms with Crippen LogP contribution in [-0.2, 0) is 0 Å². The lowest BCUT2D eigenvalue weighted by molar-refractivity contribution is 0.147. The zero-order valence-electron chi connectivity index (χ0n) is 11.8. The second kappa shape index (κ2) is 7.08. The Kier molecular flexibility index (Phi) is 5.15. The number of hydrogen-bond donors (Lipinski definition) is 0. The molecule has 0 aromatic heterocycles. The maximum atomic E-state index is 13.4. The fourth-order valence-corrected chi connectivity index (χ4v) is 2.55. The van der Waals surface area contributed by atoms with E-state index in [1.54, 1.807) is 18.4 Å². The molecule has 0 fully saturated rings. The van der Waals surface area contributed by atoms with Crippen LogP contribution in [-0.4, -0.2) is 6.26 Å². The van der Waals surface area contributed by atoms with Crippen LogP contribution in [0.2, 0.25) is 0 Å². The van der Waals surface area contributed by atoms with Crippen LogP contribution in [0.5, 0.6) is 11.5 Å². The van der Waals surface area contributed by atoms with Crippen LogP contribution in [0.1, 0.15) is 23.1 Å². The summed E-state index contributed by atoms with van der Waals surface area (Å²) in [7, 11) is 0. The molecule has 2 rings (SSSR count). The number of ether oxygens (including phenoxy) is 1. The molecule has 0 radical (unpaired) electrons. The van der Waals surface area contributed by atoms with E-state index < -0.39 is 17.8 Å². The van der Waals surface area contributed by atoms with Gasteiger partial charge in [0.1, 0.15) is 23.4 Å². The van der Waals surface area contributed by atoms with Crippen molar-refractivity contribution in [3.8, 4) is 23.6 Å². The second-order valence-electron chi connectivity index (χ2n) is 4.36. The molecular formula is C16H9F3N2OS. The predicted octanol–water partition coefficient (Wildman–Crippen LogP) is 5.02. The molecule has 0 heterocycles. The van der Waals surface area contributed by atoms with Gasteiger partial charge in [-0.25, -0.2) is 13.2 Å². The summed E-state index contributed by atoms with van der Waals surface area (Å²) in [4.78, 5) is 0.395. The number of benzene rings is 2. The van der Waals surface area contributed by atoms with E-state index in [0.29, 0.717) is 4.90 Å². The molecular weight excluding hydrogens is 325 g/mol. The Hall–Kier alpha value is -2.64. The van der Waals surface area contributed by atoms with Gasteiger partial charge in [-0.05, 0) is 30.5 Å². The monoisotopic (exact) mass is 334 g/mol. The highest BCUT2D eigenvalue weighted by molar-refractivity contribution is 7.98. The van der Waals surface area contributed by atoms with Crippen molar-refractivity contribution in [2.75, 3.05) is 6.26 Å². The van der Waals surface area contributed by atoms with Crippen LogP contribution in [0.25, 0.3) is 0 Å². The molecule has 3 nitrogen and oxygen atoms in total. The quantitative estimate of drug-likeness (QED) is 0.737. The predicted molar refractivity (Wildman–Crippen MR) is 79.1 cm³/mol. The third kappa shape index (κ3) is 3.58. The highest BCUT2D eigenvalue weighted by Crippen LogP contribution is 2.39. The Bertz CT molecular complexity index is 825. The van der Waals surface area contributed by atoms with Crippen molar-refractivity contribution in [1.82, 2.24) is 0 Å². The summed E-state index contributed by atoms with van der Waals surface area (Å²) >= 11 is 1.16. The van der Waals surface area contributed by atoms with Crippen LogP contribution >= 0.6 is 11.8 Å². The first-order valence-corrected chi connectivity index (χ1v) is 7.50. The van der Waals surface area contributed by atoms with Gasteiger partial charge < -0.3 is 4.74 Å². The number of alkyl halides is 2. The van der Waals surface area contributed by atoms with E-state index in [0.717, 1.165) is 23.9 Å². The van der Waals surface area contributed by atoms with Crippen LogP contribution in [0.3, 0.4) is 0 Å². The van der Waals surface area contributed by atoms with Gasteiger partial charge in [0.2, 0.25) is 0 Å². The lowest BCUT2D eigenvalue weighted by Crippen LogP contribution is -1.98. The summed E-state index contributed by atoms with van der Waals surface area (Å²) in [5.41, 5.74) is -0.733. The van der Waals surface area contributed by atoms with Gasteiger partial charge in [0.05, 0.1) is 22.8 Å². The number of halogens is 3. The van der Waals surface area contributed by atoms with E-state index in [9.17, 15) is 13.2 Å². The summed E-state index contributed by atoms with van der Waals surface area (Å²) < 4.78 is 45.4. The number of rotatable bonds is 4. The molecule has 0 bridgehead atoms. The van der Waals surface area contributed by atoms with Gasteiger partial charge >= 0.3 is 0 Å². The van der Waals surface area contributed by atoms with Crippen LogP contribution in [0, 0.1) is 28.5 Å². The standard InChI is InChI=1S/C16H9F3N2OS/c1-23-14-3-2-13(15(16(18)19)12(14)8-21)22-11-5-9(7-20)4-10(17)6-11/h2-6,16H,1H3. The minimum Gasteiger partial charge on any atom is -0.457 e. The van der Waals surface area contributed by atoms with Gasteiger partial charge in [-0.2, -0.15) is 10.5 Å². The molecule has 0 aliphatic carbocycles. The van der Waals surface area contributed by atoms with Gasteiger partial charge in [-0.3, -0.25) is 0 Å². The average Bonchev–Trinajstić information content (AvgIpc) is 2.53. The Balaban J connectivity index is 2.55. The van der Waals surface area contributed by atoms with Crippen molar-refractivity contribution in [2.45, 2.75) is 11.3 Å². The highest BCUT2D eigenvalue weighted by atomic mass is 32.2. The first kappa shape index (κ1) is 16.7. The number of thioether (sulfide) groups is 1. The van der Waals surface area contributed by atoms with Crippen molar-refractivity contribution in [2.24, 2.45) is 0 Å². The Labute approximate surface area is 134 Å². The van der Waals surface area contributed by atoms with E-state index in [4.69, 9.17) is 15.3 Å². The molecule has 0 spiro atoms. The van der Waals surface area contributed by atoms with Crippen LogP contribution < -0.4 is 4.74 Å². The maximum absolute atomic E-state index is 13.4. The Morgan fingerprint density at radius 1 is 1.13 bits per heavy atom. The molecule has 0 amide bonds. The molecule has 23 heavy (non-hydrogen) atoms. The average molecular weight is 334 g/mol. The van der Waals surface area contributed by atoms with Gasteiger partial charge in [-0.15, -0.1) is 11.8 Å². The molecule has 0 unspecified atom stereocenters. The molecule has 2 aromatic carbocycles. The van der Waals surface area contributed by atoms with E-state index in [2.05, 4.69) is 0 Å². The molecule has 116 valence electrons. The topological polar surface area (TPSA) is 56.8 Å². The van der Waals surface area contributed by atoms with Gasteiger partial charge in [0.15, 0.2) is 0 Å². The number of hydrogen-bond acceptors (Lipinski definition) is 4. The SMILES string of the molecule is CSc1ccc(Oc2cc(F)cc(C#N)c2)c(C(F)F)c1C#N. The fourth-order valence-electron chi connectivity index (χ4n) is 1.98. The third-order valence-electron chi connectivity index (χ3n) is 2.95. The summed E-state index contributed by atoms with van der Waals surface area (Å²) in [5, 5.41) is 17.9. The zero-order chi connectivity index (χ0) is 17.0. The van der Waals surface area contributed by atoms with Gasteiger partial charge in [-0.1, -0.05) is 0 Å². The molecule has 0 aliphatic rings. The van der Waals surface area contributed by atoms with Crippen molar-refractivity contribution in [3.63, 3.8) is 0 Å². The first-order chi connectivity index (χ1) is 11.0. The second-order valence-corrected chi connectivity index (χ2v) is 5.20. The van der Waals surface area contributed by atoms with E-state index in [-0.39, 0.29) is 22.6 Å². The summed E-state index contributed by atoms with van der Waals surface area (Å²) in [5.74, 6) is -1.06. The van der Waals surface area contributed by atoms with E-state index in [1.807, 2.05) is 0 Å². The van der Waals surface area contributed by atoms with Crippen LogP contribution in [0.4, 0.5) is 13.2 Å². The smallest absolute Gasteiger partial charge is 0.268 e. The molecule has 0 aliphatic heterocycles. The third-order valence-corrected chi connectivity index (χ3v) is 3.73. The Morgan fingerprint density at radius 2 is 1.87 bits per heavy atom. The normalized spacial score (nSPS) is 10.2. The zero-order valence-corrected chi connectivity index (χ0v) is 12.6. The maximum Gasteiger partial charge on any atom is 0.268 e. The fraction of sp³-hybridized carbons (Fsp3) is 0.125. The highest BCUT2D eigenvalue weighted by Gasteiger charge is 2.22. The van der Waals surface area contributed by atoms with Crippen molar-refractivity contribution < 1.29 is 17.9 Å². The van der Waals surface area contributed by atoms with Gasteiger partial charge in [0, 0.05) is 11.0 Å². The van der Waals surface area contributed by atoms with Crippen LogP contribution in [0.15, 0.2) is 35.2 Å². The van der Waals surface area contributed by atoms with Gasteiger partial charge in [0.25, 0.3) is 6.43 Å². The number of nitriles is 2. The number of nitrogens with zero attached hydrogens (tertiary/aromatic N) is 2. The minimum atomic E-state index is -2.93. The van der Waals surface area contributed by atoms with E-state index in [1.165, 1.54) is 18.2 Å². The lowest BCUT2D eigenvalue weighted by Gasteiger charge is -2.14.